The second-order valence-corrected chi connectivity index (χ2v) is 14.6. The van der Waals surface area contributed by atoms with E-state index in [1.807, 2.05) is 33.9 Å². The molecule has 1 heterocycles. The molecule has 0 saturated carbocycles. The number of aliphatic hydroxyl groups excluding tert-OH is 1. The van der Waals surface area contributed by atoms with Crippen molar-refractivity contribution in [2.75, 3.05) is 0 Å². The van der Waals surface area contributed by atoms with Crippen molar-refractivity contribution in [3.8, 4) is 11.3 Å². The Kier molecular flexibility index (Phi) is 11.4. The van der Waals surface area contributed by atoms with E-state index in [1.54, 1.807) is 0 Å². The summed E-state index contributed by atoms with van der Waals surface area (Å²) in [4.78, 5) is 16.6. The van der Waals surface area contributed by atoms with Crippen LogP contribution in [0.3, 0.4) is 0 Å². The molecule has 261 valence electrons. The maximum atomic E-state index is 11.7. The first-order valence-electron chi connectivity index (χ1n) is 18.2. The monoisotopic (exact) mass is 841 g/mol. The van der Waals surface area contributed by atoms with Crippen LogP contribution >= 0.6 is 0 Å². The van der Waals surface area contributed by atoms with Crippen molar-refractivity contribution in [1.29, 1.82) is 0 Å². The summed E-state index contributed by atoms with van der Waals surface area (Å²) in [6, 6.07) is 30.8. The SMILES string of the molecule is CC(C)c1ccc2ccc3c4ccnc5c4c(cc3c2c1)C(C)(C)c1cc2ccccc2[c-]c1-5.CCC(CC)C(=O)/C=C(\O)C(CC)CC.[Ir]. The Bertz CT molecular complexity index is 2220. The van der Waals surface area contributed by atoms with Crippen LogP contribution in [0.25, 0.3) is 54.3 Å². The van der Waals surface area contributed by atoms with Crippen molar-refractivity contribution >= 4 is 48.9 Å². The van der Waals surface area contributed by atoms with Gasteiger partial charge in [-0.3, -0.25) is 9.78 Å². The molecule has 50 heavy (non-hydrogen) atoms. The number of pyridine rings is 1. The van der Waals surface area contributed by atoms with Gasteiger partial charge in [0.25, 0.3) is 0 Å². The minimum atomic E-state index is -0.157. The maximum absolute atomic E-state index is 11.7. The Morgan fingerprint density at radius 1 is 0.780 bits per heavy atom. The molecule has 0 spiro atoms. The zero-order chi connectivity index (χ0) is 35.0. The molecule has 0 amide bonds. The number of allylic oxidation sites excluding steroid dienone is 2. The number of aliphatic hydroxyl groups is 1. The smallest absolute Gasteiger partial charge is 0.162 e. The summed E-state index contributed by atoms with van der Waals surface area (Å²) in [7, 11) is 0. The van der Waals surface area contributed by atoms with Gasteiger partial charge in [0.2, 0.25) is 0 Å². The third-order valence-electron chi connectivity index (χ3n) is 11.0. The quantitative estimate of drug-likeness (QED) is 0.0719. The summed E-state index contributed by atoms with van der Waals surface area (Å²) in [5, 5.41) is 20.0. The average Bonchev–Trinajstić information content (AvgIpc) is 3.10. The topological polar surface area (TPSA) is 50.2 Å². The number of benzene rings is 5. The Balaban J connectivity index is 0.000000261. The number of rotatable bonds is 8. The number of carbonyl (C=O) groups excluding carboxylic acids is 1. The van der Waals surface area contributed by atoms with E-state index in [-0.39, 0.29) is 48.9 Å². The summed E-state index contributed by atoms with van der Waals surface area (Å²) in [6.45, 7) is 17.3. The van der Waals surface area contributed by atoms with E-state index in [1.165, 1.54) is 60.5 Å². The predicted octanol–water partition coefficient (Wildman–Crippen LogP) is 12.8. The van der Waals surface area contributed by atoms with E-state index >= 15 is 0 Å². The van der Waals surface area contributed by atoms with Crippen LogP contribution < -0.4 is 0 Å². The molecular formula is C46H50IrNO2-. The fraction of sp³-hybridized carbons (Fsp3) is 0.348. The number of aromatic nitrogens is 1. The Labute approximate surface area is 311 Å². The van der Waals surface area contributed by atoms with Crippen LogP contribution in [-0.2, 0) is 30.3 Å². The van der Waals surface area contributed by atoms with E-state index in [9.17, 15) is 9.90 Å². The first-order chi connectivity index (χ1) is 23.5. The number of hydrogen-bond donors (Lipinski definition) is 1. The molecule has 1 aliphatic rings. The van der Waals surface area contributed by atoms with Crippen LogP contribution in [0.2, 0.25) is 0 Å². The van der Waals surface area contributed by atoms with Crippen molar-refractivity contribution in [3.05, 3.63) is 114 Å². The zero-order valence-corrected chi connectivity index (χ0v) is 33.2. The van der Waals surface area contributed by atoms with Crippen molar-refractivity contribution in [1.82, 2.24) is 4.98 Å². The number of nitrogens with zero attached hydrogens (tertiary/aromatic N) is 1. The second-order valence-electron chi connectivity index (χ2n) is 14.6. The summed E-state index contributed by atoms with van der Waals surface area (Å²) in [6.07, 6.45) is 6.88. The van der Waals surface area contributed by atoms with Gasteiger partial charge in [-0.25, -0.2) is 0 Å². The summed E-state index contributed by atoms with van der Waals surface area (Å²) in [5.41, 5.74) is 6.10. The molecule has 0 bridgehead atoms. The van der Waals surface area contributed by atoms with Gasteiger partial charge in [-0.05, 0) is 86.5 Å². The van der Waals surface area contributed by atoms with Crippen LogP contribution in [-0.4, -0.2) is 15.9 Å². The van der Waals surface area contributed by atoms with Crippen molar-refractivity contribution < 1.29 is 30.0 Å². The normalized spacial score (nSPS) is 13.5. The third-order valence-corrected chi connectivity index (χ3v) is 11.0. The molecule has 1 aliphatic carbocycles. The molecule has 0 atom stereocenters. The molecule has 0 aliphatic heterocycles. The van der Waals surface area contributed by atoms with Gasteiger partial charge >= 0.3 is 0 Å². The van der Waals surface area contributed by atoms with E-state index in [2.05, 4.69) is 107 Å². The fourth-order valence-electron chi connectivity index (χ4n) is 7.74. The van der Waals surface area contributed by atoms with E-state index in [0.29, 0.717) is 5.92 Å². The average molecular weight is 841 g/mol. The fourth-order valence-corrected chi connectivity index (χ4v) is 7.74. The Morgan fingerprint density at radius 2 is 1.46 bits per heavy atom. The van der Waals surface area contributed by atoms with Crippen molar-refractivity contribution in [2.24, 2.45) is 11.8 Å². The second kappa shape index (κ2) is 15.2. The van der Waals surface area contributed by atoms with Crippen LogP contribution in [0.1, 0.15) is 104 Å². The minimum Gasteiger partial charge on any atom is -0.512 e. The van der Waals surface area contributed by atoms with Gasteiger partial charge in [-0.1, -0.05) is 127 Å². The minimum absolute atomic E-state index is 0. The van der Waals surface area contributed by atoms with Gasteiger partial charge < -0.3 is 5.11 Å². The zero-order valence-electron chi connectivity index (χ0n) is 30.8. The van der Waals surface area contributed by atoms with E-state index < -0.39 is 0 Å². The van der Waals surface area contributed by atoms with Crippen LogP contribution in [0.15, 0.2) is 90.8 Å². The summed E-state index contributed by atoms with van der Waals surface area (Å²) >= 11 is 0. The molecule has 0 saturated heterocycles. The molecule has 6 aromatic rings. The third kappa shape index (κ3) is 6.65. The molecular weight excluding hydrogens is 791 g/mol. The standard InChI is InChI=1S/C33H26N.C13H24O2.Ir/c1-19(2)21-10-9-20-11-12-24-25-13-14-34-32-28-16-22-7-5-6-8-23(22)17-29(28)33(3,4)30(31(25)32)18-27(24)26(20)15-21;1-5-10(6-2)12(14)9-13(15)11(7-3)8-4;/h5-15,17-19H,1-4H3;9-11,14H,5-8H2,1-4H3;/q-1;;/b;12-9-;. The van der Waals surface area contributed by atoms with Crippen LogP contribution in [0.5, 0.6) is 0 Å². The van der Waals surface area contributed by atoms with Crippen molar-refractivity contribution in [2.45, 2.75) is 92.4 Å². The van der Waals surface area contributed by atoms with E-state index in [4.69, 9.17) is 4.98 Å². The number of carbonyl (C=O) groups is 1. The first kappa shape index (κ1) is 37.4. The van der Waals surface area contributed by atoms with Crippen LogP contribution in [0.4, 0.5) is 0 Å². The van der Waals surface area contributed by atoms with Gasteiger partial charge in [0.1, 0.15) is 0 Å². The molecule has 1 N–H and O–H groups in total. The molecule has 0 fully saturated rings. The molecule has 4 heteroatoms. The Hall–Kier alpha value is -3.85. The van der Waals surface area contributed by atoms with Gasteiger partial charge in [-0.2, -0.15) is 0 Å². The molecule has 1 aromatic heterocycles. The number of hydrogen-bond acceptors (Lipinski definition) is 3. The molecule has 1 radical (unpaired) electrons. The molecule has 3 nitrogen and oxygen atoms in total. The largest absolute Gasteiger partial charge is 0.512 e. The van der Waals surface area contributed by atoms with Gasteiger partial charge in [-0.15, -0.1) is 23.6 Å². The summed E-state index contributed by atoms with van der Waals surface area (Å²) < 4.78 is 0. The number of ketones is 1. The van der Waals surface area contributed by atoms with Gasteiger partial charge in [0.15, 0.2) is 5.78 Å². The summed E-state index contributed by atoms with van der Waals surface area (Å²) in [5.74, 6) is 1.05. The van der Waals surface area contributed by atoms with Crippen molar-refractivity contribution in [3.63, 3.8) is 0 Å². The predicted molar refractivity (Wildman–Crippen MR) is 209 cm³/mol. The maximum Gasteiger partial charge on any atom is 0.162 e. The first-order valence-corrected chi connectivity index (χ1v) is 18.2. The molecule has 5 aromatic carbocycles. The number of fused-ring (bicyclic) bond motifs is 7. The Morgan fingerprint density at radius 3 is 2.14 bits per heavy atom. The molecule has 0 unspecified atom stereocenters. The van der Waals surface area contributed by atoms with Gasteiger partial charge in [0.05, 0.1) is 5.76 Å². The molecule has 7 rings (SSSR count). The van der Waals surface area contributed by atoms with E-state index in [0.717, 1.165) is 42.3 Å². The van der Waals surface area contributed by atoms with Crippen LogP contribution in [0, 0.1) is 17.9 Å². The van der Waals surface area contributed by atoms with Gasteiger partial charge in [0, 0.05) is 49.9 Å².